The van der Waals surface area contributed by atoms with E-state index in [4.69, 9.17) is 15.2 Å². The molecule has 2 aromatic rings. The van der Waals surface area contributed by atoms with Crippen LogP contribution >= 0.6 is 0 Å². The lowest BCUT2D eigenvalue weighted by atomic mass is 10.1. The van der Waals surface area contributed by atoms with E-state index in [2.05, 4.69) is 4.98 Å². The lowest BCUT2D eigenvalue weighted by Crippen LogP contribution is -2.15. The van der Waals surface area contributed by atoms with Gasteiger partial charge in [0.05, 0.1) is 19.7 Å². The Kier molecular flexibility index (Phi) is 3.01. The van der Waals surface area contributed by atoms with Crippen LogP contribution in [-0.4, -0.2) is 19.2 Å². The van der Waals surface area contributed by atoms with Gasteiger partial charge in [-0.15, -0.1) is 0 Å². The van der Waals surface area contributed by atoms with Crippen molar-refractivity contribution in [3.8, 4) is 11.5 Å². The van der Waals surface area contributed by atoms with Gasteiger partial charge in [-0.05, 0) is 18.2 Å². The van der Waals surface area contributed by atoms with E-state index in [1.807, 2.05) is 6.07 Å². The molecule has 5 heteroatoms. The molecule has 1 aromatic heterocycles. The number of benzene rings is 1. The molecule has 0 atom stereocenters. The Morgan fingerprint density at radius 2 is 2.06 bits per heavy atom. The quantitative estimate of drug-likeness (QED) is 0.830. The molecule has 2 rings (SSSR count). The monoisotopic (exact) mass is 234 g/mol. The first-order valence-electron chi connectivity index (χ1n) is 5.18. The molecule has 0 saturated carbocycles. The summed E-state index contributed by atoms with van der Waals surface area (Å²) in [4.78, 5) is 14.5. The van der Waals surface area contributed by atoms with Gasteiger partial charge in [0.15, 0.2) is 11.5 Å². The highest BCUT2D eigenvalue weighted by atomic mass is 16.5. The van der Waals surface area contributed by atoms with Gasteiger partial charge in [-0.2, -0.15) is 0 Å². The number of nitrogens with one attached hydrogen (secondary N) is 1. The molecule has 0 fully saturated rings. The molecule has 0 aliphatic rings. The van der Waals surface area contributed by atoms with E-state index in [1.54, 1.807) is 19.2 Å². The molecule has 0 aliphatic heterocycles. The summed E-state index contributed by atoms with van der Waals surface area (Å²) in [7, 11) is 3.09. The molecule has 90 valence electrons. The number of aromatic amines is 1. The lowest BCUT2D eigenvalue weighted by Gasteiger charge is -2.10. The van der Waals surface area contributed by atoms with Crippen molar-refractivity contribution in [2.24, 2.45) is 5.73 Å². The van der Waals surface area contributed by atoms with E-state index in [1.165, 1.54) is 7.11 Å². The number of hydrogen-bond acceptors (Lipinski definition) is 4. The van der Waals surface area contributed by atoms with Gasteiger partial charge in [0.25, 0.3) is 5.56 Å². The van der Waals surface area contributed by atoms with Crippen LogP contribution in [0.5, 0.6) is 11.5 Å². The second-order valence-corrected chi connectivity index (χ2v) is 3.59. The first-order valence-corrected chi connectivity index (χ1v) is 5.18. The smallest absolute Gasteiger partial charge is 0.253 e. The van der Waals surface area contributed by atoms with Gasteiger partial charge in [-0.1, -0.05) is 0 Å². The fourth-order valence-electron chi connectivity index (χ4n) is 1.79. The third-order valence-electron chi connectivity index (χ3n) is 2.66. The predicted octanol–water partition coefficient (Wildman–Crippen LogP) is 1.00. The zero-order chi connectivity index (χ0) is 12.4. The highest BCUT2D eigenvalue weighted by Crippen LogP contribution is 2.33. The molecule has 0 unspecified atom stereocenters. The highest BCUT2D eigenvalue weighted by Gasteiger charge is 2.11. The Bertz CT molecular complexity index is 604. The number of methoxy groups -OCH3 is 2. The molecule has 0 amide bonds. The van der Waals surface area contributed by atoms with Gasteiger partial charge < -0.3 is 20.2 Å². The van der Waals surface area contributed by atoms with Crippen LogP contribution < -0.4 is 20.8 Å². The number of ether oxygens (including phenoxy) is 2. The number of pyridine rings is 1. The average Bonchev–Trinajstić information content (AvgIpc) is 2.36. The summed E-state index contributed by atoms with van der Waals surface area (Å²) in [5.74, 6) is 1.10. The molecular formula is C12H14N2O3. The van der Waals surface area contributed by atoms with E-state index >= 15 is 0 Å². The van der Waals surface area contributed by atoms with Gasteiger partial charge in [0.1, 0.15) is 0 Å². The van der Waals surface area contributed by atoms with E-state index in [0.29, 0.717) is 22.6 Å². The Labute approximate surface area is 98.2 Å². The highest BCUT2D eigenvalue weighted by molar-refractivity contribution is 5.87. The van der Waals surface area contributed by atoms with Crippen LogP contribution in [0.4, 0.5) is 0 Å². The standard InChI is InChI=1S/C12H14N2O3/c1-16-9-4-3-7-5-8(6-13)12(15)14-10(7)11(9)17-2/h3-5H,6,13H2,1-2H3,(H,14,15). The molecule has 1 heterocycles. The lowest BCUT2D eigenvalue weighted by molar-refractivity contribution is 0.358. The number of nitrogens with two attached hydrogens (primary N) is 1. The van der Waals surface area contributed by atoms with Crippen LogP contribution in [0.15, 0.2) is 23.0 Å². The SMILES string of the molecule is COc1ccc2cc(CN)c(=O)[nH]c2c1OC. The summed E-state index contributed by atoms with van der Waals surface area (Å²) in [5, 5.41) is 0.864. The largest absolute Gasteiger partial charge is 0.493 e. The van der Waals surface area contributed by atoms with Crippen molar-refractivity contribution in [2.45, 2.75) is 6.54 Å². The second-order valence-electron chi connectivity index (χ2n) is 3.59. The number of H-pyrrole nitrogens is 1. The van der Waals surface area contributed by atoms with Crippen molar-refractivity contribution in [1.29, 1.82) is 0 Å². The van der Waals surface area contributed by atoms with E-state index in [-0.39, 0.29) is 12.1 Å². The molecule has 1 aromatic carbocycles. The Balaban J connectivity index is 2.81. The molecule has 0 aliphatic carbocycles. The van der Waals surface area contributed by atoms with E-state index < -0.39 is 0 Å². The fraction of sp³-hybridized carbons (Fsp3) is 0.250. The maximum absolute atomic E-state index is 11.7. The van der Waals surface area contributed by atoms with Crippen molar-refractivity contribution >= 4 is 10.9 Å². The molecular weight excluding hydrogens is 220 g/mol. The summed E-state index contributed by atoms with van der Waals surface area (Å²) in [6.45, 7) is 0.208. The van der Waals surface area contributed by atoms with Crippen molar-refractivity contribution < 1.29 is 9.47 Å². The maximum atomic E-state index is 11.7. The summed E-state index contributed by atoms with van der Waals surface area (Å²) in [5.41, 5.74) is 6.46. The third kappa shape index (κ3) is 1.85. The first-order chi connectivity index (χ1) is 8.21. The van der Waals surface area contributed by atoms with Crippen LogP contribution in [0, 0.1) is 0 Å². The molecule has 0 saturated heterocycles. The molecule has 17 heavy (non-hydrogen) atoms. The molecule has 3 N–H and O–H groups in total. The topological polar surface area (TPSA) is 77.3 Å². The van der Waals surface area contributed by atoms with Crippen molar-refractivity contribution in [2.75, 3.05) is 14.2 Å². The third-order valence-corrected chi connectivity index (χ3v) is 2.66. The molecule has 5 nitrogen and oxygen atoms in total. The van der Waals surface area contributed by atoms with Crippen molar-refractivity contribution in [1.82, 2.24) is 4.98 Å². The van der Waals surface area contributed by atoms with Crippen molar-refractivity contribution in [3.63, 3.8) is 0 Å². The van der Waals surface area contributed by atoms with Gasteiger partial charge in [-0.25, -0.2) is 0 Å². The van der Waals surface area contributed by atoms with E-state index in [0.717, 1.165) is 5.39 Å². The minimum Gasteiger partial charge on any atom is -0.493 e. The zero-order valence-corrected chi connectivity index (χ0v) is 9.74. The Morgan fingerprint density at radius 3 is 2.65 bits per heavy atom. The van der Waals surface area contributed by atoms with E-state index in [9.17, 15) is 4.79 Å². The van der Waals surface area contributed by atoms with Crippen LogP contribution in [0.2, 0.25) is 0 Å². The second kappa shape index (κ2) is 4.47. The minimum absolute atomic E-state index is 0.202. The Hall–Kier alpha value is -2.01. The van der Waals surface area contributed by atoms with Crippen LogP contribution in [0.1, 0.15) is 5.56 Å². The molecule has 0 spiro atoms. The number of fused-ring (bicyclic) bond motifs is 1. The summed E-state index contributed by atoms with van der Waals surface area (Å²) in [6, 6.07) is 5.40. The van der Waals surface area contributed by atoms with Crippen LogP contribution in [-0.2, 0) is 6.54 Å². The fourth-order valence-corrected chi connectivity index (χ4v) is 1.79. The van der Waals surface area contributed by atoms with Gasteiger partial charge in [0.2, 0.25) is 0 Å². The number of rotatable bonds is 3. The van der Waals surface area contributed by atoms with Crippen LogP contribution in [0.3, 0.4) is 0 Å². The predicted molar refractivity (Wildman–Crippen MR) is 65.6 cm³/mol. The first kappa shape index (κ1) is 11.5. The normalized spacial score (nSPS) is 10.5. The molecule has 0 radical (unpaired) electrons. The number of hydrogen-bond donors (Lipinski definition) is 2. The summed E-state index contributed by atoms with van der Waals surface area (Å²) >= 11 is 0. The summed E-state index contributed by atoms with van der Waals surface area (Å²) in [6.07, 6.45) is 0. The van der Waals surface area contributed by atoms with Crippen molar-refractivity contribution in [3.05, 3.63) is 34.1 Å². The van der Waals surface area contributed by atoms with Gasteiger partial charge in [-0.3, -0.25) is 4.79 Å². The number of aromatic nitrogens is 1. The average molecular weight is 234 g/mol. The maximum Gasteiger partial charge on any atom is 0.253 e. The summed E-state index contributed by atoms with van der Waals surface area (Å²) < 4.78 is 10.4. The zero-order valence-electron chi connectivity index (χ0n) is 9.74. The van der Waals surface area contributed by atoms with Gasteiger partial charge >= 0.3 is 0 Å². The van der Waals surface area contributed by atoms with Gasteiger partial charge in [0, 0.05) is 17.5 Å². The van der Waals surface area contributed by atoms with Crippen LogP contribution in [0.25, 0.3) is 10.9 Å². The Morgan fingerprint density at radius 1 is 1.29 bits per heavy atom. The molecule has 0 bridgehead atoms. The minimum atomic E-state index is -0.202.